The topological polar surface area (TPSA) is 209 Å². The summed E-state index contributed by atoms with van der Waals surface area (Å²) in [5.41, 5.74) is 13.0. The van der Waals surface area contributed by atoms with E-state index in [0.717, 1.165) is 16.5 Å². The molecule has 3 atom stereocenters. The molecule has 1 heterocycles. The Kier molecular flexibility index (Phi) is 9.76. The number of nitrogens with two attached hydrogens (primary N) is 2. The third-order valence-electron chi connectivity index (χ3n) is 5.42. The smallest absolute Gasteiger partial charge is 0.322 e. The minimum atomic E-state index is -1.23. The van der Waals surface area contributed by atoms with E-state index in [-0.39, 0.29) is 25.2 Å². The molecule has 0 fully saturated rings. The minimum Gasteiger partial charge on any atom is -0.480 e. The zero-order chi connectivity index (χ0) is 26.1. The molecule has 0 saturated carbocycles. The monoisotopic (exact) mass is 488 g/mol. The van der Waals surface area contributed by atoms with E-state index in [1.54, 1.807) is 20.0 Å². The van der Waals surface area contributed by atoms with E-state index < -0.39 is 54.3 Å². The highest BCUT2D eigenvalue weighted by Gasteiger charge is 2.30. The normalized spacial score (nSPS) is 13.6. The molecule has 12 nitrogen and oxygen atoms in total. The van der Waals surface area contributed by atoms with Gasteiger partial charge in [-0.3, -0.25) is 24.0 Å². The Bertz CT molecular complexity index is 1080. The average Bonchev–Trinajstić information content (AvgIpc) is 3.20. The lowest BCUT2D eigenvalue weighted by molar-refractivity contribution is -0.139. The molecule has 0 spiro atoms. The highest BCUT2D eigenvalue weighted by atomic mass is 16.4. The van der Waals surface area contributed by atoms with Crippen molar-refractivity contribution in [3.63, 3.8) is 0 Å². The van der Waals surface area contributed by atoms with Crippen LogP contribution < -0.4 is 27.4 Å². The van der Waals surface area contributed by atoms with Crippen molar-refractivity contribution in [2.45, 2.75) is 51.2 Å². The van der Waals surface area contributed by atoms with Gasteiger partial charge in [-0.05, 0) is 30.4 Å². The second-order valence-electron chi connectivity index (χ2n) is 8.58. The second-order valence-corrected chi connectivity index (χ2v) is 8.58. The van der Waals surface area contributed by atoms with Crippen LogP contribution in [0.4, 0.5) is 0 Å². The van der Waals surface area contributed by atoms with Crippen molar-refractivity contribution in [1.29, 1.82) is 0 Å². The number of hydrogen-bond acceptors (Lipinski definition) is 6. The number of rotatable bonds is 13. The minimum absolute atomic E-state index is 0.103. The number of aromatic nitrogens is 1. The third-order valence-corrected chi connectivity index (χ3v) is 5.42. The van der Waals surface area contributed by atoms with Gasteiger partial charge < -0.3 is 37.5 Å². The van der Waals surface area contributed by atoms with Crippen LogP contribution in [0, 0.1) is 5.92 Å². The van der Waals surface area contributed by atoms with Gasteiger partial charge in [-0.1, -0.05) is 32.0 Å². The molecule has 9 N–H and O–H groups in total. The van der Waals surface area contributed by atoms with Crippen LogP contribution in [0.3, 0.4) is 0 Å². The number of carboxylic acids is 1. The van der Waals surface area contributed by atoms with Crippen molar-refractivity contribution in [3.05, 3.63) is 36.0 Å². The maximum atomic E-state index is 12.9. The largest absolute Gasteiger partial charge is 0.480 e. The number of carboxylic acid groups (broad SMARTS) is 1. The van der Waals surface area contributed by atoms with Gasteiger partial charge in [0.05, 0.1) is 6.04 Å². The molecule has 1 aromatic carbocycles. The zero-order valence-electron chi connectivity index (χ0n) is 19.7. The molecule has 4 amide bonds. The van der Waals surface area contributed by atoms with Crippen LogP contribution in [-0.2, 0) is 30.4 Å². The summed E-state index contributed by atoms with van der Waals surface area (Å²) in [5, 5.41) is 17.0. The number of carbonyl (C=O) groups excluding carboxylic acids is 4. The first-order chi connectivity index (χ1) is 16.5. The standard InChI is InChI=1S/C23H32N6O6/c1-12(2)20(23(35)27-11-19(31)32)29-22(34)17(7-8-18(25)30)28-21(33)15(24)9-13-10-26-16-6-4-3-5-14(13)16/h3-6,10,12,15,17,20,26H,7-9,11,24H2,1-2H3,(H2,25,30)(H,27,35)(H,28,33)(H,29,34)(H,31,32). The first-order valence-corrected chi connectivity index (χ1v) is 11.2. The first kappa shape index (κ1) is 27.3. The summed E-state index contributed by atoms with van der Waals surface area (Å²) in [6.45, 7) is 2.72. The summed E-state index contributed by atoms with van der Waals surface area (Å²) in [4.78, 5) is 63.3. The molecular formula is C23H32N6O6. The van der Waals surface area contributed by atoms with E-state index in [9.17, 15) is 24.0 Å². The number of nitrogens with one attached hydrogen (secondary N) is 4. The van der Waals surface area contributed by atoms with Gasteiger partial charge in [-0.15, -0.1) is 0 Å². The summed E-state index contributed by atoms with van der Waals surface area (Å²) in [5.74, 6) is -4.31. The Morgan fingerprint density at radius 1 is 1.03 bits per heavy atom. The predicted molar refractivity (Wildman–Crippen MR) is 128 cm³/mol. The molecule has 3 unspecified atom stereocenters. The lowest BCUT2D eigenvalue weighted by Crippen LogP contribution is -2.57. The summed E-state index contributed by atoms with van der Waals surface area (Å²) < 4.78 is 0. The Balaban J connectivity index is 2.10. The number of amides is 4. The Morgan fingerprint density at radius 2 is 1.71 bits per heavy atom. The van der Waals surface area contributed by atoms with Gasteiger partial charge >= 0.3 is 5.97 Å². The van der Waals surface area contributed by atoms with E-state index in [0.29, 0.717) is 0 Å². The maximum Gasteiger partial charge on any atom is 0.322 e. The van der Waals surface area contributed by atoms with Crippen molar-refractivity contribution >= 4 is 40.5 Å². The van der Waals surface area contributed by atoms with E-state index in [2.05, 4.69) is 20.9 Å². The van der Waals surface area contributed by atoms with Gasteiger partial charge in [0.1, 0.15) is 18.6 Å². The predicted octanol–water partition coefficient (Wildman–Crippen LogP) is -0.870. The number of aliphatic carboxylic acids is 1. The number of aromatic amines is 1. The summed E-state index contributed by atoms with van der Waals surface area (Å²) in [7, 11) is 0. The Labute approximate surface area is 202 Å². The first-order valence-electron chi connectivity index (χ1n) is 11.2. The molecule has 12 heteroatoms. The van der Waals surface area contributed by atoms with E-state index in [1.165, 1.54) is 0 Å². The Hall–Kier alpha value is -3.93. The number of primary amides is 1. The third kappa shape index (κ3) is 8.10. The molecule has 35 heavy (non-hydrogen) atoms. The van der Waals surface area contributed by atoms with Crippen LogP contribution in [0.2, 0.25) is 0 Å². The number of hydrogen-bond donors (Lipinski definition) is 7. The van der Waals surface area contributed by atoms with Gasteiger partial charge in [-0.2, -0.15) is 0 Å². The molecule has 0 saturated heterocycles. The summed E-state index contributed by atoms with van der Waals surface area (Å²) in [6.07, 6.45) is 1.67. The molecule has 0 radical (unpaired) electrons. The van der Waals surface area contributed by atoms with Gasteiger partial charge in [0.25, 0.3) is 0 Å². The van der Waals surface area contributed by atoms with E-state index in [1.807, 2.05) is 24.3 Å². The number of para-hydroxylation sites is 1. The number of carbonyl (C=O) groups is 5. The van der Waals surface area contributed by atoms with Crippen LogP contribution in [0.15, 0.2) is 30.5 Å². The number of H-pyrrole nitrogens is 1. The second kappa shape index (κ2) is 12.5. The average molecular weight is 489 g/mol. The van der Waals surface area contributed by atoms with Gasteiger partial charge in [-0.25, -0.2) is 0 Å². The highest BCUT2D eigenvalue weighted by molar-refractivity contribution is 5.94. The van der Waals surface area contributed by atoms with Crippen molar-refractivity contribution < 1.29 is 29.1 Å². The van der Waals surface area contributed by atoms with Crippen molar-refractivity contribution in [2.75, 3.05) is 6.54 Å². The van der Waals surface area contributed by atoms with Crippen molar-refractivity contribution in [2.24, 2.45) is 17.4 Å². The van der Waals surface area contributed by atoms with E-state index in [4.69, 9.17) is 16.6 Å². The fourth-order valence-corrected chi connectivity index (χ4v) is 3.53. The molecule has 0 aliphatic rings. The van der Waals surface area contributed by atoms with Crippen LogP contribution in [0.5, 0.6) is 0 Å². The molecule has 190 valence electrons. The van der Waals surface area contributed by atoms with Crippen LogP contribution >= 0.6 is 0 Å². The summed E-state index contributed by atoms with van der Waals surface area (Å²) in [6, 6.07) is 4.31. The van der Waals surface area contributed by atoms with Gasteiger partial charge in [0.2, 0.25) is 23.6 Å². The summed E-state index contributed by atoms with van der Waals surface area (Å²) >= 11 is 0. The fourth-order valence-electron chi connectivity index (χ4n) is 3.53. The lowest BCUT2D eigenvalue weighted by atomic mass is 10.0. The fraction of sp³-hybridized carbons (Fsp3) is 0.435. The SMILES string of the molecule is CC(C)C(NC(=O)C(CCC(N)=O)NC(=O)C(N)Cc1c[nH]c2ccccc12)C(=O)NCC(=O)O. The van der Waals surface area contributed by atoms with E-state index >= 15 is 0 Å². The number of fused-ring (bicyclic) bond motifs is 1. The molecule has 1 aromatic heterocycles. The molecular weight excluding hydrogens is 456 g/mol. The van der Waals surface area contributed by atoms with Crippen LogP contribution in [-0.4, -0.2) is 64.4 Å². The lowest BCUT2D eigenvalue weighted by Gasteiger charge is -2.25. The Morgan fingerprint density at radius 3 is 2.34 bits per heavy atom. The van der Waals surface area contributed by atoms with Crippen LogP contribution in [0.1, 0.15) is 32.3 Å². The van der Waals surface area contributed by atoms with Gasteiger partial charge in [0, 0.05) is 23.5 Å². The molecule has 0 aliphatic carbocycles. The molecule has 2 rings (SSSR count). The quantitative estimate of drug-likeness (QED) is 0.189. The van der Waals surface area contributed by atoms with Crippen molar-refractivity contribution in [3.8, 4) is 0 Å². The van der Waals surface area contributed by atoms with Gasteiger partial charge in [0.15, 0.2) is 0 Å². The zero-order valence-corrected chi connectivity index (χ0v) is 19.7. The number of benzene rings is 1. The van der Waals surface area contributed by atoms with Crippen LogP contribution in [0.25, 0.3) is 10.9 Å². The maximum absolute atomic E-state index is 12.9. The molecule has 0 bridgehead atoms. The van der Waals surface area contributed by atoms with Crippen molar-refractivity contribution in [1.82, 2.24) is 20.9 Å². The highest BCUT2D eigenvalue weighted by Crippen LogP contribution is 2.18. The molecule has 2 aromatic rings. The molecule has 0 aliphatic heterocycles.